The molecular weight excluding hydrogens is 769 g/mol. The van der Waals surface area contributed by atoms with Crippen molar-refractivity contribution in [2.24, 2.45) is 0 Å². The number of hydrogen-bond acceptors (Lipinski definition) is 3. The van der Waals surface area contributed by atoms with E-state index in [4.69, 9.17) is 0 Å². The van der Waals surface area contributed by atoms with Crippen molar-refractivity contribution < 1.29 is 0 Å². The Hall–Kier alpha value is -6.62. The quantitative estimate of drug-likeness (QED) is 0.166. The van der Waals surface area contributed by atoms with E-state index in [9.17, 15) is 0 Å². The Labute approximate surface area is 352 Å². The highest BCUT2D eigenvalue weighted by Crippen LogP contribution is 2.49. The van der Waals surface area contributed by atoms with Crippen LogP contribution in [0.2, 0.25) is 0 Å². The van der Waals surface area contributed by atoms with Crippen LogP contribution in [0.15, 0.2) is 194 Å². The molecule has 10 aromatic carbocycles. The minimum absolute atomic E-state index is 1.27. The van der Waals surface area contributed by atoms with Crippen molar-refractivity contribution in [1.82, 2.24) is 0 Å². The molecule has 13 rings (SSSR count). The maximum atomic E-state index is 2.32. The minimum atomic E-state index is 1.27. The summed E-state index contributed by atoms with van der Waals surface area (Å²) in [7, 11) is 0. The van der Waals surface area contributed by atoms with Crippen LogP contribution >= 0.6 is 34.0 Å². The third-order valence-electron chi connectivity index (χ3n) is 12.3. The van der Waals surface area contributed by atoms with Crippen LogP contribution in [-0.4, -0.2) is 0 Å². The lowest BCUT2D eigenvalue weighted by atomic mass is 9.91. The van der Waals surface area contributed by atoms with Crippen molar-refractivity contribution in [3.8, 4) is 44.5 Å². The Bertz CT molecular complexity index is 3600. The van der Waals surface area contributed by atoms with Gasteiger partial charge in [-0.15, -0.1) is 34.0 Å². The fourth-order valence-corrected chi connectivity index (χ4v) is 13.5. The standard InChI is InChI=1S/C56H32S3/c1-3-31-51-41(13-1)47-27-9-23-43(53(47)57-51)37-19-5-17-35-33(37)15-7-21-39(35)45-25-11-29-49-50-30-12-26-46(56(50)59-55(45)49)40-22-8-16-34-36(40)18-6-20-38(34)44-24-10-28-48-42-14-2-4-32-52(42)58-54(44)48/h1-32H. The summed E-state index contributed by atoms with van der Waals surface area (Å²) in [6.07, 6.45) is 0. The van der Waals surface area contributed by atoms with Crippen molar-refractivity contribution in [2.75, 3.05) is 0 Å². The molecule has 3 aromatic heterocycles. The van der Waals surface area contributed by atoms with Crippen LogP contribution in [0.25, 0.3) is 127 Å². The predicted molar refractivity (Wildman–Crippen MR) is 262 cm³/mol. The van der Waals surface area contributed by atoms with Gasteiger partial charge in [0.2, 0.25) is 0 Å². The summed E-state index contributed by atoms with van der Waals surface area (Å²) in [6.45, 7) is 0. The molecule has 0 saturated carbocycles. The maximum absolute atomic E-state index is 2.32. The lowest BCUT2D eigenvalue weighted by Crippen LogP contribution is -1.86. The van der Waals surface area contributed by atoms with Gasteiger partial charge in [0, 0.05) is 82.8 Å². The van der Waals surface area contributed by atoms with E-state index >= 15 is 0 Å². The molecule has 0 amide bonds. The lowest BCUT2D eigenvalue weighted by molar-refractivity contribution is 1.69. The van der Waals surface area contributed by atoms with Crippen LogP contribution in [0.3, 0.4) is 0 Å². The molecule has 0 saturated heterocycles. The number of benzene rings is 10. The molecule has 0 aliphatic rings. The van der Waals surface area contributed by atoms with Gasteiger partial charge in [0.15, 0.2) is 0 Å². The molecule has 274 valence electrons. The van der Waals surface area contributed by atoms with Crippen LogP contribution < -0.4 is 0 Å². The van der Waals surface area contributed by atoms with Crippen LogP contribution in [0.1, 0.15) is 0 Å². The van der Waals surface area contributed by atoms with Gasteiger partial charge in [-0.2, -0.15) is 0 Å². The molecule has 0 atom stereocenters. The zero-order chi connectivity index (χ0) is 38.6. The molecule has 3 heteroatoms. The summed E-state index contributed by atoms with van der Waals surface area (Å²) in [6, 6.07) is 72.4. The van der Waals surface area contributed by atoms with Gasteiger partial charge >= 0.3 is 0 Å². The SMILES string of the molecule is c1ccc2c(c1)sc1c(-c3cccc4c(-c5cccc6c5sc5c(-c7cccc8c(-c9cccc%10c9sc9ccccc9%10)cccc78)cccc56)cccc34)cccc12. The minimum Gasteiger partial charge on any atom is -0.135 e. The van der Waals surface area contributed by atoms with Gasteiger partial charge in [0.1, 0.15) is 0 Å². The molecule has 13 aromatic rings. The Kier molecular flexibility index (Phi) is 7.32. The van der Waals surface area contributed by atoms with E-state index in [1.54, 1.807) is 0 Å². The summed E-state index contributed by atoms with van der Waals surface area (Å²) >= 11 is 5.73. The third kappa shape index (κ3) is 4.93. The van der Waals surface area contributed by atoms with Crippen molar-refractivity contribution in [3.63, 3.8) is 0 Å². The second kappa shape index (κ2) is 12.9. The highest BCUT2D eigenvalue weighted by atomic mass is 32.1. The zero-order valence-electron chi connectivity index (χ0n) is 31.7. The van der Waals surface area contributed by atoms with Gasteiger partial charge in [0.25, 0.3) is 0 Å². The van der Waals surface area contributed by atoms with Crippen molar-refractivity contribution in [2.45, 2.75) is 0 Å². The number of hydrogen-bond donors (Lipinski definition) is 0. The summed E-state index contributed by atoms with van der Waals surface area (Å²) in [5, 5.41) is 13.1. The van der Waals surface area contributed by atoms with Crippen LogP contribution in [0, 0.1) is 0 Å². The van der Waals surface area contributed by atoms with Crippen molar-refractivity contribution in [1.29, 1.82) is 0 Å². The number of thiophene rings is 3. The Balaban J connectivity index is 0.987. The predicted octanol–water partition coefficient (Wildman–Crippen LogP) is 17.8. The molecule has 59 heavy (non-hydrogen) atoms. The average Bonchev–Trinajstić information content (AvgIpc) is 4.00. The van der Waals surface area contributed by atoms with Crippen molar-refractivity contribution in [3.05, 3.63) is 194 Å². The summed E-state index contributed by atoms with van der Waals surface area (Å²) in [5.41, 5.74) is 10.3. The molecule has 0 bridgehead atoms. The smallest absolute Gasteiger partial charge is 0.0434 e. The van der Waals surface area contributed by atoms with E-state index in [0.29, 0.717) is 0 Å². The summed E-state index contributed by atoms with van der Waals surface area (Å²) < 4.78 is 8.03. The van der Waals surface area contributed by atoms with Gasteiger partial charge in [-0.25, -0.2) is 0 Å². The van der Waals surface area contributed by atoms with Crippen LogP contribution in [0.5, 0.6) is 0 Å². The fraction of sp³-hybridized carbons (Fsp3) is 0. The Morgan fingerprint density at radius 2 is 0.407 bits per heavy atom. The average molecular weight is 801 g/mol. The van der Waals surface area contributed by atoms with E-state index < -0.39 is 0 Å². The second-order valence-electron chi connectivity index (χ2n) is 15.4. The van der Waals surface area contributed by atoms with E-state index in [1.165, 1.54) is 127 Å². The number of rotatable bonds is 4. The van der Waals surface area contributed by atoms with Gasteiger partial charge in [-0.05, 0) is 55.9 Å². The van der Waals surface area contributed by atoms with Crippen molar-refractivity contribution >= 4 is 116 Å². The molecule has 0 radical (unpaired) electrons. The van der Waals surface area contributed by atoms with Gasteiger partial charge in [-0.3, -0.25) is 0 Å². The summed E-state index contributed by atoms with van der Waals surface area (Å²) in [5.74, 6) is 0. The molecule has 0 fully saturated rings. The Morgan fingerprint density at radius 3 is 0.746 bits per heavy atom. The molecule has 0 aliphatic heterocycles. The first-order valence-electron chi connectivity index (χ1n) is 20.1. The van der Waals surface area contributed by atoms with E-state index in [0.717, 1.165) is 0 Å². The highest BCUT2D eigenvalue weighted by molar-refractivity contribution is 7.27. The monoisotopic (exact) mass is 800 g/mol. The Morgan fingerprint density at radius 1 is 0.169 bits per heavy atom. The molecule has 0 unspecified atom stereocenters. The number of fused-ring (bicyclic) bond motifs is 11. The largest absolute Gasteiger partial charge is 0.135 e. The first kappa shape index (κ1) is 33.4. The fourth-order valence-electron chi connectivity index (χ4n) is 9.72. The highest BCUT2D eigenvalue weighted by Gasteiger charge is 2.19. The van der Waals surface area contributed by atoms with E-state index in [-0.39, 0.29) is 0 Å². The molecular formula is C56H32S3. The molecule has 0 aliphatic carbocycles. The van der Waals surface area contributed by atoms with Gasteiger partial charge in [0.05, 0.1) is 0 Å². The first-order valence-corrected chi connectivity index (χ1v) is 22.5. The lowest BCUT2D eigenvalue weighted by Gasteiger charge is -2.13. The van der Waals surface area contributed by atoms with Crippen LogP contribution in [-0.2, 0) is 0 Å². The van der Waals surface area contributed by atoms with E-state index in [2.05, 4.69) is 194 Å². The normalized spacial score (nSPS) is 12.1. The third-order valence-corrected chi connectivity index (χ3v) is 16.1. The van der Waals surface area contributed by atoms with Gasteiger partial charge < -0.3 is 0 Å². The molecule has 3 heterocycles. The maximum Gasteiger partial charge on any atom is 0.0434 e. The topological polar surface area (TPSA) is 0 Å². The van der Waals surface area contributed by atoms with Gasteiger partial charge in [-0.1, -0.05) is 182 Å². The summed E-state index contributed by atoms with van der Waals surface area (Å²) in [4.78, 5) is 0. The molecule has 0 N–H and O–H groups in total. The van der Waals surface area contributed by atoms with E-state index in [1.807, 2.05) is 34.0 Å². The zero-order valence-corrected chi connectivity index (χ0v) is 34.1. The first-order chi connectivity index (χ1) is 29.3. The van der Waals surface area contributed by atoms with Crippen LogP contribution in [0.4, 0.5) is 0 Å². The molecule has 0 spiro atoms. The second-order valence-corrected chi connectivity index (χ2v) is 18.6. The molecule has 0 nitrogen and oxygen atoms in total.